The van der Waals surface area contributed by atoms with Crippen molar-refractivity contribution in [1.82, 2.24) is 4.57 Å². The lowest BCUT2D eigenvalue weighted by molar-refractivity contribution is 0.101. The van der Waals surface area contributed by atoms with Crippen LogP contribution >= 0.6 is 0 Å². The van der Waals surface area contributed by atoms with Crippen molar-refractivity contribution in [2.24, 2.45) is 0 Å². The number of hydrogen-bond acceptors (Lipinski definition) is 2. The molecule has 0 unspecified atom stereocenters. The van der Waals surface area contributed by atoms with E-state index in [1.165, 1.54) is 0 Å². The normalized spacial score (nSPS) is 10.7. The summed E-state index contributed by atoms with van der Waals surface area (Å²) < 4.78 is 1.75. The average molecular weight is 229 g/mol. The molecular formula is C14H15NO2. The molecule has 1 aromatic heterocycles. The van der Waals surface area contributed by atoms with Crippen LogP contribution < -0.4 is 5.56 Å². The number of ketones is 1. The number of carbonyl (C=O) groups is 1. The van der Waals surface area contributed by atoms with Gasteiger partial charge in [0, 0.05) is 18.2 Å². The molecule has 1 heterocycles. The van der Waals surface area contributed by atoms with Crippen LogP contribution in [0.2, 0.25) is 0 Å². The highest BCUT2D eigenvalue weighted by Crippen LogP contribution is 2.15. The molecule has 88 valence electrons. The molecule has 0 aliphatic heterocycles. The molecule has 0 fully saturated rings. The zero-order chi connectivity index (χ0) is 12.4. The molecule has 0 saturated carbocycles. The van der Waals surface area contributed by atoms with Crippen molar-refractivity contribution in [3.63, 3.8) is 0 Å². The van der Waals surface area contributed by atoms with Crippen LogP contribution in [0.25, 0.3) is 10.9 Å². The van der Waals surface area contributed by atoms with E-state index in [4.69, 9.17) is 0 Å². The molecule has 3 heteroatoms. The van der Waals surface area contributed by atoms with Gasteiger partial charge < -0.3 is 4.57 Å². The van der Waals surface area contributed by atoms with Crippen molar-refractivity contribution in [3.8, 4) is 0 Å². The van der Waals surface area contributed by atoms with E-state index in [1.807, 2.05) is 19.1 Å². The van der Waals surface area contributed by atoms with Crippen molar-refractivity contribution in [2.75, 3.05) is 0 Å². The second-order valence-corrected chi connectivity index (χ2v) is 4.15. The third-order valence-electron chi connectivity index (χ3n) is 2.84. The summed E-state index contributed by atoms with van der Waals surface area (Å²) in [6.45, 7) is 4.29. The number of aryl methyl sites for hydroxylation is 1. The summed E-state index contributed by atoms with van der Waals surface area (Å²) >= 11 is 0. The SMILES string of the molecule is CCCn1c(=O)ccc2cc(C(C)=O)ccc21. The van der Waals surface area contributed by atoms with E-state index in [2.05, 4.69) is 0 Å². The molecule has 2 aromatic rings. The van der Waals surface area contributed by atoms with E-state index < -0.39 is 0 Å². The lowest BCUT2D eigenvalue weighted by Crippen LogP contribution is -2.19. The molecule has 3 nitrogen and oxygen atoms in total. The van der Waals surface area contributed by atoms with Crippen LogP contribution in [0.1, 0.15) is 30.6 Å². The highest BCUT2D eigenvalue weighted by Gasteiger charge is 2.05. The summed E-state index contributed by atoms with van der Waals surface area (Å²) in [5, 5.41) is 0.936. The average Bonchev–Trinajstić information content (AvgIpc) is 2.32. The molecule has 0 aliphatic carbocycles. The van der Waals surface area contributed by atoms with Crippen LogP contribution in [0.5, 0.6) is 0 Å². The fraction of sp³-hybridized carbons (Fsp3) is 0.286. The van der Waals surface area contributed by atoms with Gasteiger partial charge in [0.25, 0.3) is 5.56 Å². The van der Waals surface area contributed by atoms with Gasteiger partial charge in [0.1, 0.15) is 0 Å². The van der Waals surface area contributed by atoms with E-state index in [0.29, 0.717) is 12.1 Å². The van der Waals surface area contributed by atoms with Crippen LogP contribution in [0.15, 0.2) is 35.1 Å². The first-order valence-corrected chi connectivity index (χ1v) is 5.78. The molecule has 0 amide bonds. The number of rotatable bonds is 3. The van der Waals surface area contributed by atoms with Crippen LogP contribution in [0.3, 0.4) is 0 Å². The van der Waals surface area contributed by atoms with Gasteiger partial charge in [0.2, 0.25) is 0 Å². The van der Waals surface area contributed by atoms with Crippen molar-refractivity contribution in [1.29, 1.82) is 0 Å². The molecule has 2 rings (SSSR count). The molecule has 0 atom stereocenters. The molecule has 0 bridgehead atoms. The Kier molecular flexibility index (Phi) is 3.09. The van der Waals surface area contributed by atoms with Gasteiger partial charge in [0.15, 0.2) is 5.78 Å². The van der Waals surface area contributed by atoms with Crippen molar-refractivity contribution < 1.29 is 4.79 Å². The standard InChI is InChI=1S/C14H15NO2/c1-3-8-15-13-6-4-11(10(2)16)9-12(13)5-7-14(15)17/h4-7,9H,3,8H2,1-2H3. The van der Waals surface area contributed by atoms with Gasteiger partial charge in [-0.25, -0.2) is 0 Å². The Morgan fingerprint density at radius 1 is 1.24 bits per heavy atom. The Labute approximate surface area is 99.7 Å². The van der Waals surface area contributed by atoms with Gasteiger partial charge in [-0.3, -0.25) is 9.59 Å². The molecular weight excluding hydrogens is 214 g/mol. The summed E-state index contributed by atoms with van der Waals surface area (Å²) in [6, 6.07) is 8.79. The number of pyridine rings is 1. The Balaban J connectivity index is 2.70. The summed E-state index contributed by atoms with van der Waals surface area (Å²) in [7, 11) is 0. The first-order chi connectivity index (χ1) is 8.13. The zero-order valence-corrected chi connectivity index (χ0v) is 10.1. The number of nitrogens with zero attached hydrogens (tertiary/aromatic N) is 1. The monoisotopic (exact) mass is 229 g/mol. The number of aromatic nitrogens is 1. The molecule has 0 saturated heterocycles. The predicted molar refractivity (Wildman–Crippen MR) is 68.5 cm³/mol. The fourth-order valence-corrected chi connectivity index (χ4v) is 1.98. The molecule has 0 spiro atoms. The maximum absolute atomic E-state index is 11.7. The van der Waals surface area contributed by atoms with Crippen LogP contribution in [-0.2, 0) is 6.54 Å². The quantitative estimate of drug-likeness (QED) is 0.759. The minimum absolute atomic E-state index is 0.00919. The Morgan fingerprint density at radius 2 is 2.00 bits per heavy atom. The second kappa shape index (κ2) is 4.53. The number of hydrogen-bond donors (Lipinski definition) is 0. The van der Waals surface area contributed by atoms with E-state index in [-0.39, 0.29) is 11.3 Å². The third-order valence-corrected chi connectivity index (χ3v) is 2.84. The lowest BCUT2D eigenvalue weighted by atomic mass is 10.1. The summed E-state index contributed by atoms with van der Waals surface area (Å²) in [5.41, 5.74) is 1.58. The highest BCUT2D eigenvalue weighted by atomic mass is 16.1. The summed E-state index contributed by atoms with van der Waals surface area (Å²) in [4.78, 5) is 23.0. The summed E-state index contributed by atoms with van der Waals surface area (Å²) in [6.07, 6.45) is 0.910. The highest BCUT2D eigenvalue weighted by molar-refractivity contribution is 5.97. The first-order valence-electron chi connectivity index (χ1n) is 5.78. The van der Waals surface area contributed by atoms with Crippen LogP contribution in [-0.4, -0.2) is 10.4 Å². The van der Waals surface area contributed by atoms with Gasteiger partial charge in [-0.1, -0.05) is 6.92 Å². The topological polar surface area (TPSA) is 39.1 Å². The van der Waals surface area contributed by atoms with E-state index in [0.717, 1.165) is 17.3 Å². The Bertz CT molecular complexity index is 626. The van der Waals surface area contributed by atoms with E-state index in [1.54, 1.807) is 29.7 Å². The molecule has 1 aromatic carbocycles. The first kappa shape index (κ1) is 11.6. The van der Waals surface area contributed by atoms with Crippen LogP contribution in [0, 0.1) is 0 Å². The number of benzene rings is 1. The van der Waals surface area contributed by atoms with E-state index >= 15 is 0 Å². The maximum atomic E-state index is 11.7. The lowest BCUT2D eigenvalue weighted by Gasteiger charge is -2.09. The van der Waals surface area contributed by atoms with Crippen molar-refractivity contribution in [3.05, 3.63) is 46.2 Å². The second-order valence-electron chi connectivity index (χ2n) is 4.15. The van der Waals surface area contributed by atoms with Crippen molar-refractivity contribution >= 4 is 16.7 Å². The van der Waals surface area contributed by atoms with Gasteiger partial charge in [0.05, 0.1) is 5.52 Å². The Hall–Kier alpha value is -1.90. The summed E-state index contributed by atoms with van der Waals surface area (Å²) in [5.74, 6) is 0.0418. The van der Waals surface area contributed by atoms with Gasteiger partial charge in [-0.15, -0.1) is 0 Å². The van der Waals surface area contributed by atoms with Gasteiger partial charge in [-0.2, -0.15) is 0 Å². The zero-order valence-electron chi connectivity index (χ0n) is 10.1. The molecule has 0 aliphatic rings. The molecule has 0 radical (unpaired) electrons. The molecule has 17 heavy (non-hydrogen) atoms. The smallest absolute Gasteiger partial charge is 0.251 e. The fourth-order valence-electron chi connectivity index (χ4n) is 1.98. The van der Waals surface area contributed by atoms with Gasteiger partial charge >= 0.3 is 0 Å². The van der Waals surface area contributed by atoms with Gasteiger partial charge in [-0.05, 0) is 43.0 Å². The van der Waals surface area contributed by atoms with E-state index in [9.17, 15) is 9.59 Å². The minimum atomic E-state index is 0.00919. The molecule has 0 N–H and O–H groups in total. The number of carbonyl (C=O) groups excluding carboxylic acids is 1. The van der Waals surface area contributed by atoms with Crippen LogP contribution in [0.4, 0.5) is 0 Å². The Morgan fingerprint density at radius 3 is 2.65 bits per heavy atom. The minimum Gasteiger partial charge on any atom is -0.308 e. The van der Waals surface area contributed by atoms with Crippen molar-refractivity contribution in [2.45, 2.75) is 26.8 Å². The third kappa shape index (κ3) is 2.13. The number of fused-ring (bicyclic) bond motifs is 1. The largest absolute Gasteiger partial charge is 0.308 e. The predicted octanol–water partition coefficient (Wildman–Crippen LogP) is 2.61. The number of Topliss-reactive ketones (excluding diaryl/α,β-unsaturated/α-hetero) is 1. The maximum Gasteiger partial charge on any atom is 0.251 e.